The molecule has 340 valence electrons. The number of hydrogen-bond acceptors (Lipinski definition) is 0. The van der Waals surface area contributed by atoms with Crippen molar-refractivity contribution in [2.45, 2.75) is 77.0 Å². The molecular formula is C62H66Cl2SiZr-4. The maximum absolute atomic E-state index is 3.06. The van der Waals surface area contributed by atoms with E-state index in [1.807, 2.05) is 0 Å². The fourth-order valence-corrected chi connectivity index (χ4v) is 15.5. The molecule has 0 heterocycles. The zero-order valence-corrected chi connectivity index (χ0v) is 44.0. The van der Waals surface area contributed by atoms with Gasteiger partial charge in [0.05, 0.1) is 0 Å². The van der Waals surface area contributed by atoms with E-state index >= 15 is 0 Å². The van der Waals surface area contributed by atoms with E-state index in [-0.39, 0.29) is 39.7 Å². The van der Waals surface area contributed by atoms with Crippen LogP contribution in [0, 0.1) is 74.0 Å². The van der Waals surface area contributed by atoms with E-state index in [1.165, 1.54) is 153 Å². The molecule has 0 aliphatic heterocycles. The predicted molar refractivity (Wildman–Crippen MR) is 287 cm³/mol. The Labute approximate surface area is 424 Å². The minimum absolute atomic E-state index is 0. The summed E-state index contributed by atoms with van der Waals surface area (Å²) >= 11 is 1.36. The van der Waals surface area contributed by atoms with E-state index in [1.54, 1.807) is 24.0 Å². The van der Waals surface area contributed by atoms with Gasteiger partial charge in [-0.15, -0.1) is 93.9 Å². The predicted octanol–water partition coefficient (Wildman–Crippen LogP) is 17.3. The van der Waals surface area contributed by atoms with E-state index in [0.29, 0.717) is 0 Å². The molecule has 0 aromatic heterocycles. The zero-order valence-electron chi connectivity index (χ0n) is 38.9. The van der Waals surface area contributed by atoms with Gasteiger partial charge in [-0.25, -0.2) is 0 Å². The normalized spacial score (nSPS) is 27.1. The molecule has 0 amide bonds. The Morgan fingerprint density at radius 1 is 0.379 bits per heavy atom. The van der Waals surface area contributed by atoms with E-state index in [2.05, 4.69) is 152 Å². The van der Waals surface area contributed by atoms with Crippen LogP contribution in [0.2, 0.25) is 0 Å². The van der Waals surface area contributed by atoms with Crippen LogP contribution in [0.5, 0.6) is 0 Å². The number of benzene rings is 6. The van der Waals surface area contributed by atoms with Crippen LogP contribution in [0.1, 0.15) is 75.3 Å². The van der Waals surface area contributed by atoms with Crippen molar-refractivity contribution in [2.24, 2.45) is 59.2 Å². The summed E-state index contributed by atoms with van der Waals surface area (Å²) in [5.74, 6) is 10.2. The van der Waals surface area contributed by atoms with Crippen molar-refractivity contribution in [3.63, 3.8) is 0 Å². The molecule has 16 rings (SSSR count). The molecule has 0 atom stereocenters. The van der Waals surface area contributed by atoms with Crippen LogP contribution in [0.15, 0.2) is 146 Å². The molecule has 4 heteroatoms. The molecule has 0 unspecified atom stereocenters. The van der Waals surface area contributed by atoms with Gasteiger partial charge in [0.1, 0.15) is 0 Å². The van der Waals surface area contributed by atoms with Crippen LogP contribution in [0.3, 0.4) is 0 Å². The van der Waals surface area contributed by atoms with Gasteiger partial charge in [-0.2, -0.15) is 12.1 Å². The van der Waals surface area contributed by atoms with Crippen LogP contribution in [0.25, 0.3) is 65.3 Å². The molecule has 0 nitrogen and oxygen atoms in total. The van der Waals surface area contributed by atoms with Gasteiger partial charge in [0.15, 0.2) is 0 Å². The Morgan fingerprint density at radius 3 is 1.05 bits per heavy atom. The molecule has 8 fully saturated rings. The van der Waals surface area contributed by atoms with E-state index in [4.69, 9.17) is 0 Å². The molecular weight excluding hydrogens is 935 g/mol. The van der Waals surface area contributed by atoms with Crippen molar-refractivity contribution in [2.75, 3.05) is 0 Å². The molecule has 8 aliphatic rings. The Balaban J connectivity index is 0.000000163. The van der Waals surface area contributed by atoms with Crippen molar-refractivity contribution in [1.82, 2.24) is 0 Å². The summed E-state index contributed by atoms with van der Waals surface area (Å²) in [6.07, 6.45) is 17.9. The second kappa shape index (κ2) is 20.8. The number of halogens is 2. The Kier molecular flexibility index (Phi) is 15.5. The first kappa shape index (κ1) is 49.2. The summed E-state index contributed by atoms with van der Waals surface area (Å²) in [6, 6.07) is 54.8. The van der Waals surface area contributed by atoms with Gasteiger partial charge in [-0.1, -0.05) is 108 Å². The molecule has 8 aromatic carbocycles. The first-order valence-corrected chi connectivity index (χ1v) is 28.4. The third-order valence-electron chi connectivity index (χ3n) is 17.6. The van der Waals surface area contributed by atoms with Crippen molar-refractivity contribution in [1.29, 1.82) is 0 Å². The van der Waals surface area contributed by atoms with Crippen LogP contribution >= 0.6 is 24.8 Å². The molecule has 0 spiro atoms. The van der Waals surface area contributed by atoms with Gasteiger partial charge in [-0.05, 0) is 169 Å². The van der Waals surface area contributed by atoms with Crippen molar-refractivity contribution < 1.29 is 23.3 Å². The van der Waals surface area contributed by atoms with Crippen molar-refractivity contribution in [3.05, 3.63) is 172 Å². The molecule has 2 radical (unpaired) electrons. The maximum atomic E-state index is 3.06. The quantitative estimate of drug-likeness (QED) is 0.115. The summed E-state index contributed by atoms with van der Waals surface area (Å²) in [7, 11) is 0. The molecule has 8 aliphatic carbocycles. The van der Waals surface area contributed by atoms with Gasteiger partial charge < -0.3 is 14.9 Å². The first-order valence-electron chi connectivity index (χ1n) is 24.2. The van der Waals surface area contributed by atoms with Gasteiger partial charge in [-0.3, -0.25) is 0 Å². The molecule has 8 bridgehead atoms. The summed E-state index contributed by atoms with van der Waals surface area (Å²) in [4.78, 5) is 0. The standard InChI is InChI=1S/2C30H29.2CH3.2ClH.Si.Zr/c2*1-2-8-26-22(5-1)6-3-9-27(26)28-10-4-7-23-12-21(18-30(23)28)17-29-24-13-19-11-20(15-24)16-25(29)14-19;;;;;;/h2*1-10,12,18-20,24-25,29H,11,13-17H2;2*1H3;2*1H;;/q4*-1;;;;. The maximum Gasteiger partial charge on any atom is -0.0114 e. The monoisotopic (exact) mass is 998 g/mol. The minimum Gasteiger partial charge on any atom is -0.164 e. The average Bonchev–Trinajstić information content (AvgIpc) is 3.93. The molecule has 8 saturated carbocycles. The summed E-state index contributed by atoms with van der Waals surface area (Å²) in [5.41, 5.74) is 8.67. The van der Waals surface area contributed by atoms with Gasteiger partial charge in [0.25, 0.3) is 0 Å². The molecule has 66 heavy (non-hydrogen) atoms. The Hall–Kier alpha value is -3.26. The van der Waals surface area contributed by atoms with Crippen LogP contribution < -0.4 is 0 Å². The number of hydrogen-bond donors (Lipinski definition) is 0. The second-order valence-corrected chi connectivity index (χ2v) is 21.0. The number of rotatable bonds is 6. The van der Waals surface area contributed by atoms with Crippen LogP contribution in [-0.4, -0.2) is 6.88 Å². The van der Waals surface area contributed by atoms with Gasteiger partial charge in [0, 0.05) is 0 Å². The van der Waals surface area contributed by atoms with Crippen LogP contribution in [0.4, 0.5) is 0 Å². The third-order valence-corrected chi connectivity index (χ3v) is 17.6. The minimum atomic E-state index is 0. The fraction of sp³-hybridized carbons (Fsp3) is 0.355. The SMILES string of the molecule is Cl.Cl.[CH3-].[CH3-].[Si]=[Zr].c1ccc2c(-c3cccc4[cH-]c(CC5C6CC7CC(C6)CC5C7)cc34)cccc2c1.c1ccc2c(-c3cccc4[cH-]c(CC5C6CC7CC(C6)CC5C7)cc34)cccc2c1. The summed E-state index contributed by atoms with van der Waals surface area (Å²) in [6.45, 7) is 3.06. The molecule has 0 saturated heterocycles. The van der Waals surface area contributed by atoms with E-state index < -0.39 is 0 Å². The van der Waals surface area contributed by atoms with E-state index in [0.717, 1.165) is 59.2 Å². The molecule has 8 aromatic rings. The summed E-state index contributed by atoms with van der Waals surface area (Å²) < 4.78 is 0. The fourth-order valence-electron chi connectivity index (χ4n) is 15.5. The first-order chi connectivity index (χ1) is 30.6. The topological polar surface area (TPSA) is 0 Å². The van der Waals surface area contributed by atoms with E-state index in [9.17, 15) is 0 Å². The third kappa shape index (κ3) is 9.05. The smallest absolute Gasteiger partial charge is 0.0114 e. The second-order valence-electron chi connectivity index (χ2n) is 21.0. The Bertz CT molecular complexity index is 2660. The summed E-state index contributed by atoms with van der Waals surface area (Å²) in [5, 5.41) is 11.1. The Morgan fingerprint density at radius 2 is 0.682 bits per heavy atom. The van der Waals surface area contributed by atoms with Gasteiger partial charge >= 0.3 is 30.2 Å². The van der Waals surface area contributed by atoms with Crippen molar-refractivity contribution in [3.8, 4) is 22.3 Å². The largest absolute Gasteiger partial charge is 0.164 e. The van der Waals surface area contributed by atoms with Crippen LogP contribution in [-0.2, 0) is 36.2 Å². The zero-order chi connectivity index (χ0) is 41.3. The van der Waals surface area contributed by atoms with Crippen molar-refractivity contribution >= 4 is 74.8 Å². The molecule has 0 N–H and O–H groups in total. The van der Waals surface area contributed by atoms with Gasteiger partial charge in [0.2, 0.25) is 0 Å². The number of fused-ring (bicyclic) bond motifs is 4. The average molecular weight is 1000 g/mol.